The van der Waals surface area contributed by atoms with E-state index in [1.807, 2.05) is 0 Å². The Kier molecular flexibility index (Phi) is 5.58. The first-order valence-electron chi connectivity index (χ1n) is 4.39. The number of esters is 1. The molecule has 0 aromatic heterocycles. The van der Waals surface area contributed by atoms with Gasteiger partial charge >= 0.3 is 12.0 Å². The lowest BCUT2D eigenvalue weighted by Crippen LogP contribution is -2.31. The highest BCUT2D eigenvalue weighted by molar-refractivity contribution is 5.78. The Hall–Kier alpha value is -1.34. The topological polar surface area (TPSA) is 50.9 Å². The summed E-state index contributed by atoms with van der Waals surface area (Å²) < 4.78 is 4.66. The molecule has 4 nitrogen and oxygen atoms in total. The maximum absolute atomic E-state index is 11.2. The molecule has 0 heterocycles. The molecule has 0 radical (unpaired) electrons. The zero-order valence-electron chi connectivity index (χ0n) is 8.65. The maximum Gasteiger partial charge on any atom is 0.393 e. The van der Waals surface area contributed by atoms with E-state index in [1.165, 1.54) is 6.08 Å². The van der Waals surface area contributed by atoms with Gasteiger partial charge in [-0.05, 0) is 26.8 Å². The van der Waals surface area contributed by atoms with Crippen LogP contribution in [0.1, 0.15) is 20.8 Å². The van der Waals surface area contributed by atoms with Crippen molar-refractivity contribution in [1.29, 1.82) is 0 Å². The van der Waals surface area contributed by atoms with E-state index in [0.29, 0.717) is 0 Å². The fourth-order valence-corrected chi connectivity index (χ4v) is 0.929. The van der Waals surface area contributed by atoms with Gasteiger partial charge in [0.25, 0.3) is 0 Å². The van der Waals surface area contributed by atoms with Crippen molar-refractivity contribution in [3.05, 3.63) is 23.1 Å². The van der Waals surface area contributed by atoms with Gasteiger partial charge in [-0.2, -0.15) is 0 Å². The van der Waals surface area contributed by atoms with Crippen molar-refractivity contribution in [2.24, 2.45) is 0 Å². The third-order valence-corrected chi connectivity index (χ3v) is 1.49. The molecule has 0 amide bonds. The van der Waals surface area contributed by atoms with E-state index < -0.39 is 18.1 Å². The second-order valence-electron chi connectivity index (χ2n) is 3.06. The molecule has 2 atom stereocenters. The van der Waals surface area contributed by atoms with E-state index in [9.17, 15) is 9.90 Å². The van der Waals surface area contributed by atoms with Crippen LogP contribution in [0.5, 0.6) is 0 Å². The SMILES string of the molecule is [C-]#[N+]C(C(=O)OCC)C(O)C=C(C)C. The zero-order chi connectivity index (χ0) is 11.1. The van der Waals surface area contributed by atoms with Gasteiger partial charge in [0.15, 0.2) is 6.10 Å². The van der Waals surface area contributed by atoms with Crippen LogP contribution in [0.2, 0.25) is 0 Å². The van der Waals surface area contributed by atoms with Crippen molar-refractivity contribution in [3.8, 4) is 0 Å². The van der Waals surface area contributed by atoms with Gasteiger partial charge in [-0.1, -0.05) is 5.57 Å². The van der Waals surface area contributed by atoms with Gasteiger partial charge in [-0.3, -0.25) is 4.85 Å². The minimum Gasteiger partial charge on any atom is -0.460 e. The van der Waals surface area contributed by atoms with E-state index >= 15 is 0 Å². The number of ether oxygens (including phenoxy) is 1. The molecule has 0 aliphatic carbocycles. The number of aliphatic hydroxyl groups excluding tert-OH is 1. The number of hydrogen-bond donors (Lipinski definition) is 1. The van der Waals surface area contributed by atoms with Crippen molar-refractivity contribution in [3.63, 3.8) is 0 Å². The Morgan fingerprint density at radius 1 is 1.64 bits per heavy atom. The number of carbonyl (C=O) groups excluding carboxylic acids is 1. The molecule has 2 unspecified atom stereocenters. The summed E-state index contributed by atoms with van der Waals surface area (Å²) >= 11 is 0. The van der Waals surface area contributed by atoms with Crippen LogP contribution in [-0.2, 0) is 9.53 Å². The first-order valence-corrected chi connectivity index (χ1v) is 4.39. The summed E-state index contributed by atoms with van der Waals surface area (Å²) in [7, 11) is 0. The third-order valence-electron chi connectivity index (χ3n) is 1.49. The lowest BCUT2D eigenvalue weighted by atomic mass is 10.1. The summed E-state index contributed by atoms with van der Waals surface area (Å²) in [5.41, 5.74) is 0.857. The summed E-state index contributed by atoms with van der Waals surface area (Å²) in [5, 5.41) is 9.49. The minimum absolute atomic E-state index is 0.215. The highest BCUT2D eigenvalue weighted by Gasteiger charge is 2.32. The lowest BCUT2D eigenvalue weighted by molar-refractivity contribution is -0.145. The smallest absolute Gasteiger partial charge is 0.393 e. The average molecular weight is 197 g/mol. The van der Waals surface area contributed by atoms with Gasteiger partial charge in [0, 0.05) is 0 Å². The van der Waals surface area contributed by atoms with Gasteiger partial charge in [0.05, 0.1) is 6.61 Å². The molecule has 0 bridgehead atoms. The molecule has 0 fully saturated rings. The van der Waals surface area contributed by atoms with Crippen LogP contribution in [0.25, 0.3) is 4.85 Å². The van der Waals surface area contributed by atoms with E-state index in [-0.39, 0.29) is 6.61 Å². The summed E-state index contributed by atoms with van der Waals surface area (Å²) in [4.78, 5) is 14.2. The molecular weight excluding hydrogens is 182 g/mol. The quantitative estimate of drug-likeness (QED) is 0.418. The van der Waals surface area contributed by atoms with Crippen LogP contribution in [0, 0.1) is 6.57 Å². The summed E-state index contributed by atoms with van der Waals surface area (Å²) in [6, 6.07) is -1.15. The molecule has 0 aliphatic rings. The molecular formula is C10H15NO3. The highest BCUT2D eigenvalue weighted by Crippen LogP contribution is 2.06. The zero-order valence-corrected chi connectivity index (χ0v) is 8.65. The van der Waals surface area contributed by atoms with Crippen molar-refractivity contribution in [1.82, 2.24) is 0 Å². The largest absolute Gasteiger partial charge is 0.460 e. The maximum atomic E-state index is 11.2. The normalized spacial score (nSPS) is 13.6. The predicted octanol–water partition coefficient (Wildman–Crippen LogP) is 1.16. The highest BCUT2D eigenvalue weighted by atomic mass is 16.5. The molecule has 14 heavy (non-hydrogen) atoms. The number of carbonyl (C=O) groups is 1. The van der Waals surface area contributed by atoms with Crippen LogP contribution >= 0.6 is 0 Å². The van der Waals surface area contributed by atoms with Crippen LogP contribution in [0.15, 0.2) is 11.6 Å². The summed E-state index contributed by atoms with van der Waals surface area (Å²) in [5.74, 6) is -0.674. The average Bonchev–Trinajstić information content (AvgIpc) is 2.04. The van der Waals surface area contributed by atoms with Crippen LogP contribution in [0.3, 0.4) is 0 Å². The molecule has 78 valence electrons. The van der Waals surface area contributed by atoms with Gasteiger partial charge in [-0.15, -0.1) is 0 Å². The first-order chi connectivity index (χ1) is 6.52. The van der Waals surface area contributed by atoms with Crippen molar-refractivity contribution < 1.29 is 14.6 Å². The second-order valence-corrected chi connectivity index (χ2v) is 3.06. The molecule has 0 aromatic rings. The molecule has 0 saturated carbocycles. The standard InChI is InChI=1S/C10H15NO3/c1-5-14-10(13)9(11-4)8(12)6-7(2)3/h6,8-9,12H,5H2,1-3H3. The molecule has 0 saturated heterocycles. The number of allylic oxidation sites excluding steroid dienone is 1. The summed E-state index contributed by atoms with van der Waals surface area (Å²) in [6.45, 7) is 12.2. The molecule has 0 rings (SSSR count). The fourth-order valence-electron chi connectivity index (χ4n) is 0.929. The molecule has 0 aliphatic heterocycles. The molecule has 0 aromatic carbocycles. The van der Waals surface area contributed by atoms with E-state index in [2.05, 4.69) is 9.58 Å². The van der Waals surface area contributed by atoms with Crippen LogP contribution in [0.4, 0.5) is 0 Å². The van der Waals surface area contributed by atoms with Crippen LogP contribution < -0.4 is 0 Å². The Bertz CT molecular complexity index is 261. The minimum atomic E-state index is -1.15. The van der Waals surface area contributed by atoms with Gasteiger partial charge in [0.2, 0.25) is 0 Å². The van der Waals surface area contributed by atoms with Gasteiger partial charge in [0.1, 0.15) is 0 Å². The Morgan fingerprint density at radius 2 is 2.21 bits per heavy atom. The summed E-state index contributed by atoms with van der Waals surface area (Å²) in [6.07, 6.45) is 0.385. The van der Waals surface area contributed by atoms with Gasteiger partial charge < -0.3 is 9.84 Å². The first kappa shape index (κ1) is 12.7. The monoisotopic (exact) mass is 197 g/mol. The third kappa shape index (κ3) is 4.06. The van der Waals surface area contributed by atoms with Gasteiger partial charge in [-0.25, -0.2) is 11.4 Å². The Morgan fingerprint density at radius 3 is 2.57 bits per heavy atom. The molecule has 0 spiro atoms. The van der Waals surface area contributed by atoms with Crippen LogP contribution in [-0.4, -0.2) is 29.8 Å². The lowest BCUT2D eigenvalue weighted by Gasteiger charge is -2.08. The number of nitrogens with zero attached hydrogens (tertiary/aromatic N) is 1. The van der Waals surface area contributed by atoms with Crippen molar-refractivity contribution >= 4 is 5.97 Å². The number of hydrogen-bond acceptors (Lipinski definition) is 3. The van der Waals surface area contributed by atoms with E-state index in [4.69, 9.17) is 6.57 Å². The van der Waals surface area contributed by atoms with Crippen molar-refractivity contribution in [2.75, 3.05) is 6.61 Å². The fraction of sp³-hybridized carbons (Fsp3) is 0.600. The Labute approximate surface area is 84.0 Å². The molecule has 4 heteroatoms. The molecule has 1 N–H and O–H groups in total. The number of rotatable bonds is 4. The second kappa shape index (κ2) is 6.17. The van der Waals surface area contributed by atoms with Crippen molar-refractivity contribution in [2.45, 2.75) is 32.9 Å². The predicted molar refractivity (Wildman–Crippen MR) is 52.5 cm³/mol. The van der Waals surface area contributed by atoms with E-state index in [1.54, 1.807) is 20.8 Å². The van der Waals surface area contributed by atoms with E-state index in [0.717, 1.165) is 5.57 Å². The Balaban J connectivity index is 4.50. The number of aliphatic hydroxyl groups is 1.